The van der Waals surface area contributed by atoms with Gasteiger partial charge in [0.1, 0.15) is 11.4 Å². The lowest BCUT2D eigenvalue weighted by atomic mass is 10.0. The molecule has 0 unspecified atom stereocenters. The molecule has 1 aliphatic carbocycles. The summed E-state index contributed by atoms with van der Waals surface area (Å²) in [6.45, 7) is 4.27. The minimum absolute atomic E-state index is 0.163. The van der Waals surface area contributed by atoms with Crippen LogP contribution >= 0.6 is 34.8 Å². The standard InChI is InChI=1S/C26H23Cl3N4O2/c1-14-5-4-6-18(16-7-8-16)25(14)35-26-22(12-23(29)30-31-26)33-15(2)20(13-32(33)3)24(34)19-10-9-17(27)11-21(19)28/h4-6,9-12,16H,7-8,13H2,1-3H3. The van der Waals surface area contributed by atoms with Gasteiger partial charge in [-0.25, -0.2) is 5.01 Å². The lowest BCUT2D eigenvalue weighted by Gasteiger charge is -2.29. The zero-order chi connectivity index (χ0) is 24.9. The molecule has 2 aromatic carbocycles. The second-order valence-electron chi connectivity index (χ2n) is 8.87. The molecule has 3 aromatic rings. The SMILES string of the molecule is CC1=C(C(=O)c2ccc(Cl)cc2Cl)CN(C)N1c1cc(Cl)nnc1Oc1c(C)cccc1C1CC1. The van der Waals surface area contributed by atoms with Crippen molar-refractivity contribution in [3.63, 3.8) is 0 Å². The van der Waals surface area contributed by atoms with Gasteiger partial charge in [0.15, 0.2) is 10.9 Å². The topological polar surface area (TPSA) is 58.6 Å². The number of halogens is 3. The van der Waals surface area contributed by atoms with Crippen LogP contribution in [-0.4, -0.2) is 34.6 Å². The second kappa shape index (κ2) is 9.43. The zero-order valence-corrected chi connectivity index (χ0v) is 21.7. The van der Waals surface area contributed by atoms with Crippen molar-refractivity contribution < 1.29 is 9.53 Å². The van der Waals surface area contributed by atoms with Gasteiger partial charge in [-0.1, -0.05) is 53.0 Å². The number of anilines is 1. The number of aromatic nitrogens is 2. The summed E-state index contributed by atoms with van der Waals surface area (Å²) >= 11 is 18.6. The van der Waals surface area contributed by atoms with Crippen molar-refractivity contribution in [3.8, 4) is 11.6 Å². The number of allylic oxidation sites excluding steroid dienone is 1. The van der Waals surface area contributed by atoms with Gasteiger partial charge in [-0.2, -0.15) is 0 Å². The van der Waals surface area contributed by atoms with Crippen LogP contribution < -0.4 is 9.75 Å². The van der Waals surface area contributed by atoms with Crippen LogP contribution in [0.15, 0.2) is 53.7 Å². The van der Waals surface area contributed by atoms with Crippen molar-refractivity contribution in [2.24, 2.45) is 0 Å². The lowest BCUT2D eigenvalue weighted by molar-refractivity contribution is 0.103. The number of nitrogens with zero attached hydrogens (tertiary/aromatic N) is 4. The molecular weight excluding hydrogens is 507 g/mol. The third-order valence-corrected chi connectivity index (χ3v) is 7.06. The van der Waals surface area contributed by atoms with Gasteiger partial charge in [-0.15, -0.1) is 10.2 Å². The van der Waals surface area contributed by atoms with Crippen molar-refractivity contribution in [2.75, 3.05) is 18.6 Å². The Bertz CT molecular complexity index is 1370. The maximum absolute atomic E-state index is 13.4. The summed E-state index contributed by atoms with van der Waals surface area (Å²) in [5, 5.41) is 13.1. The van der Waals surface area contributed by atoms with Crippen LogP contribution in [0.3, 0.4) is 0 Å². The Labute approximate surface area is 219 Å². The Hall–Kier alpha value is -2.64. The molecule has 0 radical (unpaired) electrons. The van der Waals surface area contributed by atoms with Crippen molar-refractivity contribution in [2.45, 2.75) is 32.6 Å². The number of carbonyl (C=O) groups is 1. The number of hydrogen-bond acceptors (Lipinski definition) is 6. The monoisotopic (exact) mass is 528 g/mol. The molecule has 0 saturated heterocycles. The van der Waals surface area contributed by atoms with Gasteiger partial charge >= 0.3 is 0 Å². The van der Waals surface area contributed by atoms with E-state index in [1.807, 2.05) is 43.0 Å². The van der Waals surface area contributed by atoms with Crippen LogP contribution in [0, 0.1) is 6.92 Å². The molecule has 1 aromatic heterocycles. The molecule has 5 rings (SSSR count). The Morgan fingerprint density at radius 1 is 1.06 bits per heavy atom. The lowest BCUT2D eigenvalue weighted by Crippen LogP contribution is -2.34. The fraction of sp³-hybridized carbons (Fsp3) is 0.269. The van der Waals surface area contributed by atoms with E-state index >= 15 is 0 Å². The van der Waals surface area contributed by atoms with Gasteiger partial charge in [0.25, 0.3) is 5.88 Å². The van der Waals surface area contributed by atoms with Crippen LogP contribution in [-0.2, 0) is 0 Å². The molecule has 2 aliphatic rings. The van der Waals surface area contributed by atoms with Crippen molar-refractivity contribution in [3.05, 3.63) is 85.6 Å². The maximum Gasteiger partial charge on any atom is 0.264 e. The summed E-state index contributed by atoms with van der Waals surface area (Å²) in [6, 6.07) is 12.7. The normalized spacial score (nSPS) is 16.2. The second-order valence-corrected chi connectivity index (χ2v) is 10.1. The van der Waals surface area contributed by atoms with Gasteiger partial charge < -0.3 is 4.74 Å². The fourth-order valence-corrected chi connectivity index (χ4v) is 5.07. The van der Waals surface area contributed by atoms with E-state index in [0.29, 0.717) is 45.2 Å². The first-order chi connectivity index (χ1) is 16.7. The Kier molecular flexibility index (Phi) is 6.49. The molecule has 1 saturated carbocycles. The zero-order valence-electron chi connectivity index (χ0n) is 19.5. The smallest absolute Gasteiger partial charge is 0.264 e. The highest BCUT2D eigenvalue weighted by Crippen LogP contribution is 2.47. The fourth-order valence-electron chi connectivity index (χ4n) is 4.43. The number of carbonyl (C=O) groups excluding carboxylic acids is 1. The van der Waals surface area contributed by atoms with E-state index in [9.17, 15) is 4.79 Å². The molecule has 1 aliphatic heterocycles. The maximum atomic E-state index is 13.4. The molecule has 1 fully saturated rings. The van der Waals surface area contributed by atoms with Crippen molar-refractivity contribution in [1.29, 1.82) is 0 Å². The van der Waals surface area contributed by atoms with E-state index in [2.05, 4.69) is 16.3 Å². The largest absolute Gasteiger partial charge is 0.435 e. The molecule has 180 valence electrons. The minimum atomic E-state index is -0.163. The van der Waals surface area contributed by atoms with E-state index in [-0.39, 0.29) is 10.9 Å². The highest BCUT2D eigenvalue weighted by molar-refractivity contribution is 6.37. The summed E-state index contributed by atoms with van der Waals surface area (Å²) in [5.41, 5.74) is 4.52. The first-order valence-electron chi connectivity index (χ1n) is 11.3. The number of Topliss-reactive ketones (excluding diaryl/α,β-unsaturated/α-hetero) is 1. The number of rotatable bonds is 6. The quantitative estimate of drug-likeness (QED) is 0.314. The molecule has 0 spiro atoms. The number of aryl methyl sites for hydroxylation is 1. The van der Waals surface area contributed by atoms with Crippen molar-refractivity contribution >= 4 is 46.3 Å². The molecule has 0 bridgehead atoms. The average molecular weight is 530 g/mol. The van der Waals surface area contributed by atoms with E-state index in [1.165, 1.54) is 5.56 Å². The Morgan fingerprint density at radius 2 is 1.83 bits per heavy atom. The molecule has 2 heterocycles. The predicted molar refractivity (Wildman–Crippen MR) is 139 cm³/mol. The van der Waals surface area contributed by atoms with Crippen LogP contribution in [0.25, 0.3) is 0 Å². The van der Waals surface area contributed by atoms with Gasteiger partial charge in [-0.3, -0.25) is 9.80 Å². The molecule has 0 N–H and O–H groups in total. The summed E-state index contributed by atoms with van der Waals surface area (Å²) in [6.07, 6.45) is 2.29. The number of ether oxygens (including phenoxy) is 1. The summed E-state index contributed by atoms with van der Waals surface area (Å²) < 4.78 is 6.41. The van der Waals surface area contributed by atoms with Crippen LogP contribution in [0.5, 0.6) is 11.6 Å². The van der Waals surface area contributed by atoms with Crippen LogP contribution in [0.4, 0.5) is 5.69 Å². The molecule has 35 heavy (non-hydrogen) atoms. The van der Waals surface area contributed by atoms with Crippen molar-refractivity contribution in [1.82, 2.24) is 15.2 Å². The highest BCUT2D eigenvalue weighted by atomic mass is 35.5. The molecule has 0 atom stereocenters. The first-order valence-corrected chi connectivity index (χ1v) is 12.4. The summed E-state index contributed by atoms with van der Waals surface area (Å²) in [5.74, 6) is 1.44. The van der Waals surface area contributed by atoms with E-state index in [1.54, 1.807) is 24.3 Å². The van der Waals surface area contributed by atoms with Gasteiger partial charge in [0.2, 0.25) is 0 Å². The average Bonchev–Trinajstić information content (AvgIpc) is 3.61. The predicted octanol–water partition coefficient (Wildman–Crippen LogP) is 7.24. The third-order valence-electron chi connectivity index (χ3n) is 6.33. The molecule has 6 nitrogen and oxygen atoms in total. The summed E-state index contributed by atoms with van der Waals surface area (Å²) in [7, 11) is 1.88. The van der Waals surface area contributed by atoms with E-state index in [0.717, 1.165) is 29.9 Å². The molecular formula is C26H23Cl3N4O2. The van der Waals surface area contributed by atoms with Crippen LogP contribution in [0.2, 0.25) is 15.2 Å². The molecule has 0 amide bonds. The molecule has 9 heteroatoms. The van der Waals surface area contributed by atoms with Gasteiger partial charge in [-0.05, 0) is 61.9 Å². The number of hydrazine groups is 1. The highest BCUT2D eigenvalue weighted by Gasteiger charge is 2.34. The number of benzene rings is 2. The van der Waals surface area contributed by atoms with E-state index < -0.39 is 0 Å². The number of hydrogen-bond donors (Lipinski definition) is 0. The Morgan fingerprint density at radius 3 is 2.54 bits per heavy atom. The number of ketones is 1. The number of para-hydroxylation sites is 1. The minimum Gasteiger partial charge on any atom is -0.435 e. The third kappa shape index (κ3) is 4.64. The first kappa shape index (κ1) is 24.1. The van der Waals surface area contributed by atoms with Crippen LogP contribution in [0.1, 0.15) is 47.2 Å². The van der Waals surface area contributed by atoms with E-state index in [4.69, 9.17) is 39.5 Å². The number of likely N-dealkylation sites (N-methyl/N-ethyl adjacent to an activating group) is 1. The van der Waals surface area contributed by atoms with Gasteiger partial charge in [0, 0.05) is 41.5 Å². The van der Waals surface area contributed by atoms with Gasteiger partial charge in [0.05, 0.1) is 5.02 Å². The summed E-state index contributed by atoms with van der Waals surface area (Å²) in [4.78, 5) is 13.4. The Balaban J connectivity index is 1.55.